The Kier molecular flexibility index (Phi) is 5.47. The first-order valence-electron chi connectivity index (χ1n) is 11.5. The molecule has 0 radical (unpaired) electrons. The zero-order valence-corrected chi connectivity index (χ0v) is 19.5. The van der Waals surface area contributed by atoms with Crippen LogP contribution in [0.4, 0.5) is 11.4 Å². The van der Waals surface area contributed by atoms with E-state index < -0.39 is 5.66 Å². The summed E-state index contributed by atoms with van der Waals surface area (Å²) in [5.74, 6) is 0.0175. The Labute approximate surface area is 201 Å². The normalized spacial score (nSPS) is 18.9. The lowest BCUT2D eigenvalue weighted by Gasteiger charge is -2.48. The Balaban J connectivity index is 1.28. The van der Waals surface area contributed by atoms with Gasteiger partial charge in [0.2, 0.25) is 11.8 Å². The number of aryl methyl sites for hydroxylation is 1. The van der Waals surface area contributed by atoms with Crippen molar-refractivity contribution in [2.75, 3.05) is 16.8 Å². The number of nitrogens with one attached hydrogen (secondary N) is 2. The minimum Gasteiger partial charge on any atom is -0.326 e. The number of amides is 3. The third-order valence-corrected chi connectivity index (χ3v) is 6.62. The van der Waals surface area contributed by atoms with Crippen LogP contribution in [0.15, 0.2) is 59.4 Å². The highest BCUT2D eigenvalue weighted by molar-refractivity contribution is 6.10. The molecule has 2 aromatic carbocycles. The van der Waals surface area contributed by atoms with Crippen molar-refractivity contribution in [2.24, 2.45) is 0 Å². The highest BCUT2D eigenvalue weighted by Gasteiger charge is 2.52. The van der Waals surface area contributed by atoms with Gasteiger partial charge in [0.25, 0.3) is 11.5 Å². The summed E-state index contributed by atoms with van der Waals surface area (Å²) in [7, 11) is 0. The van der Waals surface area contributed by atoms with E-state index in [0.717, 1.165) is 5.56 Å². The standard InChI is InChI=1S/C26H25N5O4/c1-16-15-22(33)29-24(27-16)17-7-9-18(10-8-17)28-21(32)12-14-30-25(35)19-5-3-4-6-20(19)31-23(34)11-13-26(30,31)2/h3-10,15H,11-14H2,1-2H3,(H,28,32)(H,27,29,33). The van der Waals surface area contributed by atoms with Crippen LogP contribution in [0.25, 0.3) is 11.4 Å². The molecule has 3 aromatic rings. The first-order valence-corrected chi connectivity index (χ1v) is 11.5. The summed E-state index contributed by atoms with van der Waals surface area (Å²) in [5.41, 5.74) is 2.02. The average Bonchev–Trinajstić information content (AvgIpc) is 3.14. The van der Waals surface area contributed by atoms with E-state index in [0.29, 0.717) is 41.3 Å². The molecule has 1 aromatic heterocycles. The van der Waals surface area contributed by atoms with Crippen molar-refractivity contribution in [2.45, 2.75) is 38.8 Å². The van der Waals surface area contributed by atoms with Gasteiger partial charge in [0.15, 0.2) is 0 Å². The van der Waals surface area contributed by atoms with Crippen LogP contribution in [0.3, 0.4) is 0 Å². The van der Waals surface area contributed by atoms with Crippen LogP contribution < -0.4 is 15.8 Å². The summed E-state index contributed by atoms with van der Waals surface area (Å²) in [5, 5.41) is 2.85. The molecule has 1 atom stereocenters. The molecule has 0 bridgehead atoms. The predicted octanol–water partition coefficient (Wildman–Crippen LogP) is 3.07. The fraction of sp³-hybridized carbons (Fsp3) is 0.269. The van der Waals surface area contributed by atoms with E-state index >= 15 is 0 Å². The van der Waals surface area contributed by atoms with Crippen molar-refractivity contribution in [1.29, 1.82) is 0 Å². The Morgan fingerprint density at radius 1 is 1.11 bits per heavy atom. The number of aromatic amines is 1. The molecule has 9 heteroatoms. The smallest absolute Gasteiger partial charge is 0.257 e. The second kappa shape index (κ2) is 8.50. The number of nitrogens with zero attached hydrogens (tertiary/aromatic N) is 3. The van der Waals surface area contributed by atoms with Gasteiger partial charge in [-0.25, -0.2) is 4.98 Å². The maximum Gasteiger partial charge on any atom is 0.257 e. The zero-order chi connectivity index (χ0) is 24.7. The van der Waals surface area contributed by atoms with Crippen LogP contribution in [-0.2, 0) is 9.59 Å². The molecule has 3 heterocycles. The lowest BCUT2D eigenvalue weighted by atomic mass is 9.98. The van der Waals surface area contributed by atoms with Gasteiger partial charge in [0.1, 0.15) is 11.5 Å². The number of carbonyl (C=O) groups excluding carboxylic acids is 3. The number of hydrogen-bond acceptors (Lipinski definition) is 5. The van der Waals surface area contributed by atoms with Crippen LogP contribution in [-0.4, -0.2) is 44.8 Å². The molecule has 2 aliphatic rings. The third-order valence-electron chi connectivity index (χ3n) is 6.62. The molecule has 9 nitrogen and oxygen atoms in total. The topological polar surface area (TPSA) is 115 Å². The minimum absolute atomic E-state index is 0.0218. The quantitative estimate of drug-likeness (QED) is 0.593. The summed E-state index contributed by atoms with van der Waals surface area (Å²) in [6, 6.07) is 15.5. The van der Waals surface area contributed by atoms with Crippen LogP contribution >= 0.6 is 0 Å². The zero-order valence-electron chi connectivity index (χ0n) is 19.5. The van der Waals surface area contributed by atoms with E-state index in [1.807, 2.05) is 13.0 Å². The van der Waals surface area contributed by atoms with E-state index in [-0.39, 0.29) is 36.2 Å². The summed E-state index contributed by atoms with van der Waals surface area (Å²) >= 11 is 0. The number of benzene rings is 2. The van der Waals surface area contributed by atoms with E-state index in [9.17, 15) is 19.2 Å². The lowest BCUT2D eigenvalue weighted by molar-refractivity contribution is -0.117. The molecule has 1 unspecified atom stereocenters. The number of H-pyrrole nitrogens is 1. The Bertz CT molecular complexity index is 1400. The summed E-state index contributed by atoms with van der Waals surface area (Å²) < 4.78 is 0. The van der Waals surface area contributed by atoms with Gasteiger partial charge in [-0.3, -0.25) is 24.1 Å². The van der Waals surface area contributed by atoms with Crippen LogP contribution in [0, 0.1) is 6.92 Å². The molecule has 0 spiro atoms. The SMILES string of the molecule is Cc1cc(=O)[nH]c(-c2ccc(NC(=O)CCN3C(=O)c4ccccc4N4C(=O)CCC34C)cc2)n1. The largest absolute Gasteiger partial charge is 0.326 e. The van der Waals surface area contributed by atoms with Crippen molar-refractivity contribution in [1.82, 2.24) is 14.9 Å². The van der Waals surface area contributed by atoms with Gasteiger partial charge in [-0.15, -0.1) is 0 Å². The molecule has 178 valence electrons. The average molecular weight is 472 g/mol. The molecule has 1 saturated heterocycles. The van der Waals surface area contributed by atoms with Crippen molar-refractivity contribution < 1.29 is 14.4 Å². The van der Waals surface area contributed by atoms with Gasteiger partial charge in [0, 0.05) is 42.4 Å². The first kappa shape index (κ1) is 22.5. The lowest BCUT2D eigenvalue weighted by Crippen LogP contribution is -2.62. The summed E-state index contributed by atoms with van der Waals surface area (Å²) in [4.78, 5) is 60.7. The molecule has 1 fully saturated rings. The number of anilines is 2. The Morgan fingerprint density at radius 3 is 2.60 bits per heavy atom. The van der Waals surface area contributed by atoms with Crippen LogP contribution in [0.5, 0.6) is 0 Å². The van der Waals surface area contributed by atoms with Gasteiger partial charge in [-0.05, 0) is 56.7 Å². The molecule has 2 N–H and O–H groups in total. The van der Waals surface area contributed by atoms with Crippen molar-refractivity contribution >= 4 is 29.1 Å². The van der Waals surface area contributed by atoms with Gasteiger partial charge >= 0.3 is 0 Å². The third kappa shape index (κ3) is 3.99. The van der Waals surface area contributed by atoms with Crippen molar-refractivity contribution in [3.63, 3.8) is 0 Å². The molecule has 0 saturated carbocycles. The van der Waals surface area contributed by atoms with Gasteiger partial charge in [0.05, 0.1) is 11.3 Å². The molecule has 0 aliphatic carbocycles. The van der Waals surface area contributed by atoms with Crippen molar-refractivity contribution in [3.05, 3.63) is 76.2 Å². The molecular weight excluding hydrogens is 446 g/mol. The van der Waals surface area contributed by atoms with Gasteiger partial charge in [-0.2, -0.15) is 0 Å². The number of aromatic nitrogens is 2. The number of para-hydroxylation sites is 1. The minimum atomic E-state index is -0.790. The predicted molar refractivity (Wildman–Crippen MR) is 131 cm³/mol. The fourth-order valence-electron chi connectivity index (χ4n) is 4.91. The highest BCUT2D eigenvalue weighted by atomic mass is 16.2. The molecule has 5 rings (SSSR count). The van der Waals surface area contributed by atoms with Gasteiger partial charge < -0.3 is 15.2 Å². The van der Waals surface area contributed by atoms with Crippen molar-refractivity contribution in [3.8, 4) is 11.4 Å². The molecule has 35 heavy (non-hydrogen) atoms. The molecular formula is C26H25N5O4. The first-order chi connectivity index (χ1) is 16.8. The number of rotatable bonds is 5. The van der Waals surface area contributed by atoms with Crippen LogP contribution in [0.2, 0.25) is 0 Å². The maximum atomic E-state index is 13.3. The number of fused-ring (bicyclic) bond motifs is 3. The maximum absolute atomic E-state index is 13.3. The monoisotopic (exact) mass is 471 g/mol. The number of hydrogen-bond donors (Lipinski definition) is 2. The second-order valence-electron chi connectivity index (χ2n) is 9.03. The van der Waals surface area contributed by atoms with E-state index in [1.54, 1.807) is 59.2 Å². The Morgan fingerprint density at radius 2 is 1.86 bits per heavy atom. The van der Waals surface area contributed by atoms with Gasteiger partial charge in [-0.1, -0.05) is 12.1 Å². The van der Waals surface area contributed by atoms with E-state index in [2.05, 4.69) is 15.3 Å². The Hall–Kier alpha value is -4.27. The summed E-state index contributed by atoms with van der Waals surface area (Å²) in [6.07, 6.45) is 0.957. The van der Waals surface area contributed by atoms with E-state index in [4.69, 9.17) is 0 Å². The molecule has 2 aliphatic heterocycles. The van der Waals surface area contributed by atoms with E-state index in [1.165, 1.54) is 6.07 Å². The second-order valence-corrected chi connectivity index (χ2v) is 9.03. The highest BCUT2D eigenvalue weighted by Crippen LogP contribution is 2.43. The molecule has 3 amide bonds. The summed E-state index contributed by atoms with van der Waals surface area (Å²) in [6.45, 7) is 3.82. The number of carbonyl (C=O) groups is 3. The van der Waals surface area contributed by atoms with Crippen LogP contribution in [0.1, 0.15) is 42.2 Å². The fourth-order valence-corrected chi connectivity index (χ4v) is 4.91.